The average Bonchev–Trinajstić information content (AvgIpc) is 2.90. The number of nitrogens with zero attached hydrogens (tertiary/aromatic N) is 2. The van der Waals surface area contributed by atoms with Crippen molar-refractivity contribution in [2.24, 2.45) is 0 Å². The zero-order chi connectivity index (χ0) is 15.0. The van der Waals surface area contributed by atoms with E-state index in [2.05, 4.69) is 5.10 Å². The van der Waals surface area contributed by atoms with E-state index in [9.17, 15) is 8.42 Å². The molecule has 1 heterocycles. The van der Waals surface area contributed by atoms with Gasteiger partial charge in [0.1, 0.15) is 0 Å². The maximum absolute atomic E-state index is 11.9. The molecule has 4 nitrogen and oxygen atoms in total. The Morgan fingerprint density at radius 2 is 1.86 bits per heavy atom. The lowest BCUT2D eigenvalue weighted by Gasteiger charge is -2.00. The van der Waals surface area contributed by atoms with Crippen molar-refractivity contribution < 1.29 is 8.42 Å². The van der Waals surface area contributed by atoms with Gasteiger partial charge in [-0.15, -0.1) is 0 Å². The SMILES string of the molecule is CCS(=O)(=O)c1ccc2cn(-c3ccc(Cl)cc3)nc2c1. The molecule has 0 unspecified atom stereocenters. The molecular formula is C15H13ClN2O2S. The summed E-state index contributed by atoms with van der Waals surface area (Å²) < 4.78 is 25.5. The maximum atomic E-state index is 11.9. The van der Waals surface area contributed by atoms with E-state index < -0.39 is 9.84 Å². The van der Waals surface area contributed by atoms with Gasteiger partial charge in [0.15, 0.2) is 9.84 Å². The van der Waals surface area contributed by atoms with Crippen LogP contribution < -0.4 is 0 Å². The summed E-state index contributed by atoms with van der Waals surface area (Å²) >= 11 is 5.87. The Morgan fingerprint density at radius 1 is 1.14 bits per heavy atom. The van der Waals surface area contributed by atoms with Crippen LogP contribution >= 0.6 is 11.6 Å². The summed E-state index contributed by atoms with van der Waals surface area (Å²) in [5.41, 5.74) is 1.52. The van der Waals surface area contributed by atoms with Crippen LogP contribution in [-0.2, 0) is 9.84 Å². The fraction of sp³-hybridized carbons (Fsp3) is 0.133. The highest BCUT2D eigenvalue weighted by Crippen LogP contribution is 2.21. The number of halogens is 1. The molecule has 2 aromatic carbocycles. The normalized spacial score (nSPS) is 11.9. The fourth-order valence-corrected chi connectivity index (χ4v) is 3.11. The van der Waals surface area contributed by atoms with Crippen LogP contribution in [0.15, 0.2) is 53.6 Å². The third-order valence-electron chi connectivity index (χ3n) is 3.31. The van der Waals surface area contributed by atoms with Crippen LogP contribution in [0.1, 0.15) is 6.92 Å². The number of aromatic nitrogens is 2. The van der Waals surface area contributed by atoms with Crippen LogP contribution in [0.25, 0.3) is 16.6 Å². The summed E-state index contributed by atoms with van der Waals surface area (Å²) in [5, 5.41) is 5.98. The third-order valence-corrected chi connectivity index (χ3v) is 5.29. The number of benzene rings is 2. The molecule has 0 N–H and O–H groups in total. The van der Waals surface area contributed by atoms with E-state index in [-0.39, 0.29) is 5.75 Å². The highest BCUT2D eigenvalue weighted by atomic mass is 35.5. The quantitative estimate of drug-likeness (QED) is 0.742. The fourth-order valence-electron chi connectivity index (χ4n) is 2.08. The van der Waals surface area contributed by atoms with Crippen LogP contribution in [0.3, 0.4) is 0 Å². The van der Waals surface area contributed by atoms with Gasteiger partial charge in [-0.3, -0.25) is 0 Å². The van der Waals surface area contributed by atoms with E-state index in [1.165, 1.54) is 0 Å². The molecule has 0 bridgehead atoms. The summed E-state index contributed by atoms with van der Waals surface area (Å²) in [6.45, 7) is 1.63. The first kappa shape index (κ1) is 14.1. The molecule has 0 amide bonds. The van der Waals surface area contributed by atoms with Gasteiger partial charge in [-0.25, -0.2) is 13.1 Å². The summed E-state index contributed by atoms with van der Waals surface area (Å²) in [4.78, 5) is 0.304. The van der Waals surface area contributed by atoms with Crippen molar-refractivity contribution >= 4 is 32.3 Å². The third kappa shape index (κ3) is 2.66. The minimum atomic E-state index is -3.22. The number of hydrogen-bond donors (Lipinski definition) is 0. The predicted molar refractivity (Wildman–Crippen MR) is 83.8 cm³/mol. The van der Waals surface area contributed by atoms with Crippen molar-refractivity contribution in [3.05, 3.63) is 53.7 Å². The van der Waals surface area contributed by atoms with Gasteiger partial charge < -0.3 is 0 Å². The first-order chi connectivity index (χ1) is 9.99. The van der Waals surface area contributed by atoms with Gasteiger partial charge >= 0.3 is 0 Å². The van der Waals surface area contributed by atoms with Crippen LogP contribution in [0.5, 0.6) is 0 Å². The van der Waals surface area contributed by atoms with Crippen LogP contribution in [0.2, 0.25) is 5.02 Å². The van der Waals surface area contributed by atoms with Crippen molar-refractivity contribution in [2.45, 2.75) is 11.8 Å². The molecule has 3 aromatic rings. The summed E-state index contributed by atoms with van der Waals surface area (Å²) in [6, 6.07) is 12.3. The lowest BCUT2D eigenvalue weighted by Crippen LogP contribution is -2.03. The van der Waals surface area contributed by atoms with Gasteiger partial charge in [0.2, 0.25) is 0 Å². The second kappa shape index (κ2) is 5.16. The molecule has 0 aliphatic rings. The first-order valence-corrected chi connectivity index (χ1v) is 8.51. The average molecular weight is 321 g/mol. The Kier molecular flexibility index (Phi) is 3.47. The minimum absolute atomic E-state index is 0.0798. The van der Waals surface area contributed by atoms with Gasteiger partial charge in [0.05, 0.1) is 21.9 Å². The van der Waals surface area contributed by atoms with E-state index >= 15 is 0 Å². The van der Waals surface area contributed by atoms with Crippen molar-refractivity contribution in [2.75, 3.05) is 5.75 Å². The number of hydrogen-bond acceptors (Lipinski definition) is 3. The Balaban J connectivity index is 2.10. The molecule has 0 atom stereocenters. The Labute approximate surface area is 127 Å². The molecule has 0 saturated heterocycles. The van der Waals surface area contributed by atoms with Crippen LogP contribution in [0, 0.1) is 0 Å². The monoisotopic (exact) mass is 320 g/mol. The molecule has 21 heavy (non-hydrogen) atoms. The van der Waals surface area contributed by atoms with E-state index in [4.69, 9.17) is 11.6 Å². The largest absolute Gasteiger partial charge is 0.240 e. The molecule has 0 spiro atoms. The Morgan fingerprint density at radius 3 is 2.52 bits per heavy atom. The standard InChI is InChI=1S/C15H13ClN2O2S/c1-2-21(19,20)14-8-3-11-10-18(17-15(11)9-14)13-6-4-12(16)5-7-13/h3-10H,2H2,1H3. The van der Waals surface area contributed by atoms with Crippen molar-refractivity contribution in [3.8, 4) is 5.69 Å². The molecule has 3 rings (SSSR count). The minimum Gasteiger partial charge on any atom is -0.240 e. The zero-order valence-electron chi connectivity index (χ0n) is 11.3. The second-order valence-electron chi connectivity index (χ2n) is 4.67. The highest BCUT2D eigenvalue weighted by Gasteiger charge is 2.13. The number of sulfone groups is 1. The lowest BCUT2D eigenvalue weighted by molar-refractivity contribution is 0.597. The van der Waals surface area contributed by atoms with Gasteiger partial charge in [-0.2, -0.15) is 5.10 Å². The maximum Gasteiger partial charge on any atom is 0.178 e. The van der Waals surface area contributed by atoms with E-state index in [0.717, 1.165) is 11.1 Å². The Bertz CT molecular complexity index is 899. The smallest absolute Gasteiger partial charge is 0.178 e. The lowest BCUT2D eigenvalue weighted by atomic mass is 10.2. The van der Waals surface area contributed by atoms with Gasteiger partial charge in [-0.05, 0) is 42.5 Å². The van der Waals surface area contributed by atoms with E-state index in [0.29, 0.717) is 15.4 Å². The summed E-state index contributed by atoms with van der Waals surface area (Å²) in [7, 11) is -3.22. The van der Waals surface area contributed by atoms with Crippen LogP contribution in [-0.4, -0.2) is 24.0 Å². The highest BCUT2D eigenvalue weighted by molar-refractivity contribution is 7.91. The molecule has 0 aliphatic carbocycles. The number of fused-ring (bicyclic) bond motifs is 1. The van der Waals surface area contributed by atoms with Crippen molar-refractivity contribution in [3.63, 3.8) is 0 Å². The summed E-state index contributed by atoms with van der Waals surface area (Å²) in [6.07, 6.45) is 1.86. The molecule has 0 aliphatic heterocycles. The zero-order valence-corrected chi connectivity index (χ0v) is 12.9. The van der Waals surface area contributed by atoms with E-state index in [1.807, 2.05) is 18.3 Å². The van der Waals surface area contributed by atoms with Gasteiger partial charge in [-0.1, -0.05) is 18.5 Å². The summed E-state index contributed by atoms with van der Waals surface area (Å²) in [5.74, 6) is 0.0798. The first-order valence-electron chi connectivity index (χ1n) is 6.48. The molecule has 0 radical (unpaired) electrons. The Hall–Kier alpha value is -1.85. The van der Waals surface area contributed by atoms with Gasteiger partial charge in [0.25, 0.3) is 0 Å². The molecule has 1 aromatic heterocycles. The van der Waals surface area contributed by atoms with Gasteiger partial charge in [0, 0.05) is 16.6 Å². The molecule has 0 saturated carbocycles. The molecule has 0 fully saturated rings. The second-order valence-corrected chi connectivity index (χ2v) is 7.39. The topological polar surface area (TPSA) is 52.0 Å². The van der Waals surface area contributed by atoms with Crippen molar-refractivity contribution in [1.82, 2.24) is 9.78 Å². The van der Waals surface area contributed by atoms with Crippen molar-refractivity contribution in [1.29, 1.82) is 0 Å². The molecule has 6 heteroatoms. The van der Waals surface area contributed by atoms with Crippen LogP contribution in [0.4, 0.5) is 0 Å². The predicted octanol–water partition coefficient (Wildman–Crippen LogP) is 3.47. The van der Waals surface area contributed by atoms with E-state index in [1.54, 1.807) is 41.9 Å². The molecule has 108 valence electrons. The molecular weight excluding hydrogens is 308 g/mol. The number of rotatable bonds is 3.